The van der Waals surface area contributed by atoms with Crippen LogP contribution in [0.3, 0.4) is 0 Å². The zero-order valence-corrected chi connectivity index (χ0v) is 17.8. The fourth-order valence-corrected chi connectivity index (χ4v) is 7.83. The van der Waals surface area contributed by atoms with E-state index < -0.39 is 26.4 Å². The average Bonchev–Trinajstić information content (AvgIpc) is 2.57. The Labute approximate surface area is 163 Å². The molecule has 1 aromatic carbocycles. The predicted molar refractivity (Wildman–Crippen MR) is 108 cm³/mol. The van der Waals surface area contributed by atoms with Crippen molar-refractivity contribution in [3.63, 3.8) is 0 Å². The van der Waals surface area contributed by atoms with Gasteiger partial charge in [0.1, 0.15) is 9.68 Å². The fourth-order valence-electron chi connectivity index (χ4n) is 3.58. The third-order valence-electron chi connectivity index (χ3n) is 4.76. The highest BCUT2D eigenvalue weighted by atomic mass is 32.2. The molecule has 0 aromatic heterocycles. The maximum atomic E-state index is 13.7. The highest BCUT2D eigenvalue weighted by Crippen LogP contribution is 2.53. The topological polar surface area (TPSA) is 63.6 Å². The van der Waals surface area contributed by atoms with Gasteiger partial charge in [-0.15, -0.1) is 11.8 Å². The van der Waals surface area contributed by atoms with Crippen LogP contribution in [0.1, 0.15) is 58.4 Å². The number of carbonyl (C=O) groups is 1. The Kier molecular flexibility index (Phi) is 7.34. The summed E-state index contributed by atoms with van der Waals surface area (Å²) in [6, 6.07) is 7.61. The molecule has 0 spiro atoms. The number of aliphatic hydroxyl groups is 1. The number of carbonyl (C=O) groups excluding carboxylic acids is 1. The van der Waals surface area contributed by atoms with Crippen molar-refractivity contribution >= 4 is 28.5 Å². The Morgan fingerprint density at radius 1 is 1.27 bits per heavy atom. The van der Waals surface area contributed by atoms with Gasteiger partial charge in [-0.2, -0.15) is 0 Å². The molecule has 1 fully saturated rings. The van der Waals surface area contributed by atoms with Crippen LogP contribution in [0, 0.1) is 6.92 Å². The number of aryl methyl sites for hydroxylation is 1. The first-order chi connectivity index (χ1) is 12.2. The third kappa shape index (κ3) is 4.52. The van der Waals surface area contributed by atoms with E-state index in [0.29, 0.717) is 17.7 Å². The molecule has 1 aliphatic rings. The second-order valence-corrected chi connectivity index (χ2v) is 11.1. The SMILES string of the molecule is CCOC(=O)C[C@]1(O)CCCCC1(SC(C)C)[S@@](=O)c1ccc(C)cc1. The van der Waals surface area contributed by atoms with Gasteiger partial charge in [0, 0.05) is 10.1 Å². The van der Waals surface area contributed by atoms with Crippen molar-refractivity contribution in [2.24, 2.45) is 0 Å². The number of hydrogen-bond acceptors (Lipinski definition) is 5. The first-order valence-corrected chi connectivity index (χ1v) is 11.3. The zero-order chi connectivity index (χ0) is 19.4. The van der Waals surface area contributed by atoms with Gasteiger partial charge in [-0.3, -0.25) is 9.00 Å². The summed E-state index contributed by atoms with van der Waals surface area (Å²) in [6.45, 7) is 8.10. The normalized spacial score (nSPS) is 27.3. The Balaban J connectivity index is 2.47. The summed E-state index contributed by atoms with van der Waals surface area (Å²) in [7, 11) is -1.44. The number of esters is 1. The molecule has 0 radical (unpaired) electrons. The van der Waals surface area contributed by atoms with Gasteiger partial charge >= 0.3 is 5.97 Å². The summed E-state index contributed by atoms with van der Waals surface area (Å²) in [4.78, 5) is 12.9. The molecule has 0 saturated heterocycles. The zero-order valence-electron chi connectivity index (χ0n) is 16.1. The van der Waals surface area contributed by atoms with E-state index in [1.807, 2.05) is 45.0 Å². The second kappa shape index (κ2) is 8.89. The van der Waals surface area contributed by atoms with Crippen LogP contribution in [0.25, 0.3) is 0 Å². The maximum Gasteiger partial charge on any atom is 0.308 e. The number of ether oxygens (including phenoxy) is 1. The van der Waals surface area contributed by atoms with Crippen LogP contribution in [-0.4, -0.2) is 36.8 Å². The van der Waals surface area contributed by atoms with Gasteiger partial charge in [0.25, 0.3) is 0 Å². The summed E-state index contributed by atoms with van der Waals surface area (Å²) < 4.78 is 17.9. The molecule has 0 aliphatic heterocycles. The second-order valence-electron chi connectivity index (χ2n) is 7.22. The van der Waals surface area contributed by atoms with Crippen LogP contribution in [0.4, 0.5) is 0 Å². The lowest BCUT2D eigenvalue weighted by molar-refractivity contribution is -0.150. The summed E-state index contributed by atoms with van der Waals surface area (Å²) in [5.74, 6) is -0.425. The molecule has 0 bridgehead atoms. The van der Waals surface area contributed by atoms with Gasteiger partial charge in [0.2, 0.25) is 0 Å². The van der Waals surface area contributed by atoms with Crippen molar-refractivity contribution in [1.82, 2.24) is 0 Å². The van der Waals surface area contributed by atoms with Gasteiger partial charge < -0.3 is 9.84 Å². The van der Waals surface area contributed by atoms with E-state index in [1.165, 1.54) is 11.8 Å². The van der Waals surface area contributed by atoms with Gasteiger partial charge in [0.15, 0.2) is 0 Å². The van der Waals surface area contributed by atoms with E-state index in [9.17, 15) is 14.1 Å². The monoisotopic (exact) mass is 398 g/mol. The van der Waals surface area contributed by atoms with Crippen LogP contribution in [0.2, 0.25) is 0 Å². The molecular formula is C20H30O4S2. The molecule has 1 aliphatic carbocycles. The molecule has 2 rings (SSSR count). The Morgan fingerprint density at radius 2 is 1.88 bits per heavy atom. The van der Waals surface area contributed by atoms with Gasteiger partial charge in [-0.25, -0.2) is 0 Å². The molecular weight excluding hydrogens is 368 g/mol. The number of hydrogen-bond donors (Lipinski definition) is 1. The largest absolute Gasteiger partial charge is 0.466 e. The molecule has 1 N–H and O–H groups in total. The Morgan fingerprint density at radius 3 is 2.46 bits per heavy atom. The highest BCUT2D eigenvalue weighted by Gasteiger charge is 2.58. The van der Waals surface area contributed by atoms with Crippen LogP contribution >= 0.6 is 11.8 Å². The van der Waals surface area contributed by atoms with Gasteiger partial charge in [-0.05, 0) is 38.8 Å². The van der Waals surface area contributed by atoms with Crippen molar-refractivity contribution in [3.8, 4) is 0 Å². The van der Waals surface area contributed by atoms with Crippen LogP contribution in [-0.2, 0) is 20.3 Å². The van der Waals surface area contributed by atoms with E-state index in [1.54, 1.807) is 6.92 Å². The average molecular weight is 399 g/mol. The minimum Gasteiger partial charge on any atom is -0.466 e. The van der Waals surface area contributed by atoms with Gasteiger partial charge in [0.05, 0.1) is 23.8 Å². The molecule has 0 amide bonds. The van der Waals surface area contributed by atoms with E-state index in [4.69, 9.17) is 4.74 Å². The van der Waals surface area contributed by atoms with Crippen molar-refractivity contribution in [1.29, 1.82) is 0 Å². The molecule has 26 heavy (non-hydrogen) atoms. The van der Waals surface area contributed by atoms with Crippen LogP contribution in [0.15, 0.2) is 29.2 Å². The highest BCUT2D eigenvalue weighted by molar-refractivity contribution is 8.13. The number of benzene rings is 1. The van der Waals surface area contributed by atoms with E-state index in [0.717, 1.165) is 18.4 Å². The number of rotatable bonds is 7. The fraction of sp³-hybridized carbons (Fsp3) is 0.650. The quantitative estimate of drug-likeness (QED) is 0.698. The molecule has 3 atom stereocenters. The van der Waals surface area contributed by atoms with E-state index in [2.05, 4.69) is 0 Å². The summed E-state index contributed by atoms with van der Waals surface area (Å²) in [6.07, 6.45) is 2.68. The lowest BCUT2D eigenvalue weighted by Gasteiger charge is -2.49. The molecule has 6 heteroatoms. The van der Waals surface area contributed by atoms with E-state index in [-0.39, 0.29) is 18.3 Å². The summed E-state index contributed by atoms with van der Waals surface area (Å²) in [5, 5.41) is 11.8. The third-order valence-corrected chi connectivity index (χ3v) is 8.82. The van der Waals surface area contributed by atoms with Crippen molar-refractivity contribution in [2.75, 3.05) is 6.61 Å². The van der Waals surface area contributed by atoms with Crippen LogP contribution in [0.5, 0.6) is 0 Å². The number of thioether (sulfide) groups is 1. The predicted octanol–water partition coefficient (Wildman–Crippen LogP) is 4.20. The van der Waals surface area contributed by atoms with Crippen molar-refractivity contribution < 1.29 is 18.8 Å². The Bertz CT molecular complexity index is 644. The Hall–Kier alpha value is -0.850. The standard InChI is InChI=1S/C20H30O4S2/c1-5-24-18(21)14-19(22)12-6-7-13-20(19,25-15(2)3)26(23)17-10-8-16(4)9-11-17/h8-11,15,22H,5-7,12-14H2,1-4H3/t19-,20?,26+/m1/s1. The molecule has 1 unspecified atom stereocenters. The molecule has 146 valence electrons. The molecule has 0 heterocycles. The minimum absolute atomic E-state index is 0.113. The molecule has 4 nitrogen and oxygen atoms in total. The lowest BCUT2D eigenvalue weighted by atomic mass is 9.81. The van der Waals surface area contributed by atoms with E-state index >= 15 is 0 Å². The summed E-state index contributed by atoms with van der Waals surface area (Å²) >= 11 is 1.54. The molecule has 1 saturated carbocycles. The summed E-state index contributed by atoms with van der Waals surface area (Å²) in [5.41, 5.74) is -0.246. The minimum atomic E-state index is -1.44. The maximum absolute atomic E-state index is 13.7. The van der Waals surface area contributed by atoms with Crippen molar-refractivity contribution in [2.45, 2.75) is 79.6 Å². The van der Waals surface area contributed by atoms with Crippen molar-refractivity contribution in [3.05, 3.63) is 29.8 Å². The first-order valence-electron chi connectivity index (χ1n) is 9.28. The smallest absolute Gasteiger partial charge is 0.308 e. The molecule has 1 aromatic rings. The first kappa shape index (κ1) is 21.5. The lowest BCUT2D eigenvalue weighted by Crippen LogP contribution is -2.58. The van der Waals surface area contributed by atoms with Crippen LogP contribution < -0.4 is 0 Å². The van der Waals surface area contributed by atoms with Gasteiger partial charge in [-0.1, -0.05) is 44.4 Å².